The van der Waals surface area contributed by atoms with Crippen molar-refractivity contribution in [1.82, 2.24) is 0 Å². The van der Waals surface area contributed by atoms with Gasteiger partial charge in [-0.3, -0.25) is 0 Å². The average Bonchev–Trinajstić information content (AvgIpc) is 2.59. The number of nitrogens with two attached hydrogens (primary N) is 1. The summed E-state index contributed by atoms with van der Waals surface area (Å²) >= 11 is 0. The van der Waals surface area contributed by atoms with E-state index in [1.165, 1.54) is 0 Å². The van der Waals surface area contributed by atoms with Crippen molar-refractivity contribution < 1.29 is 9.84 Å². The third-order valence-corrected chi connectivity index (χ3v) is 2.24. The summed E-state index contributed by atoms with van der Waals surface area (Å²) in [4.78, 5) is 0. The minimum Gasteiger partial charge on any atom is -0.504 e. The smallest absolute Gasteiger partial charge is 0.158 e. The zero-order chi connectivity index (χ0) is 17.8. The molecule has 0 radical (unpaired) electrons. The van der Waals surface area contributed by atoms with Crippen LogP contribution in [0, 0.1) is 0 Å². The third-order valence-electron chi connectivity index (χ3n) is 2.24. The third kappa shape index (κ3) is 14.9. The van der Waals surface area contributed by atoms with Crippen molar-refractivity contribution in [2.75, 3.05) is 6.61 Å². The number of ether oxygens (including phenoxy) is 1. The molecule has 130 valence electrons. The molecule has 0 aromatic carbocycles. The number of hydrogen-bond acceptors (Lipinski definition) is 3. The maximum atomic E-state index is 9.50. The standard InChI is InChI=1S/C13H19NO2.3C2H6/c1-2-3-4-5-6-9-16-13-10-11(14)7-8-12(13)15;3*1-2/h2,5-6,8,10-11,15H,1,3-4,7,9,14H2;3*1-2H3/b6-5+;;;. The molecule has 1 unspecified atom stereocenters. The van der Waals surface area contributed by atoms with Crippen molar-refractivity contribution in [3.63, 3.8) is 0 Å². The quantitative estimate of drug-likeness (QED) is 0.491. The van der Waals surface area contributed by atoms with Crippen LogP contribution >= 0.6 is 0 Å². The molecule has 0 saturated heterocycles. The average molecular weight is 312 g/mol. The second-order valence-electron chi connectivity index (χ2n) is 3.67. The fourth-order valence-corrected chi connectivity index (χ4v) is 1.36. The van der Waals surface area contributed by atoms with Crippen LogP contribution in [0.2, 0.25) is 0 Å². The lowest BCUT2D eigenvalue weighted by atomic mass is 10.1. The lowest BCUT2D eigenvalue weighted by Crippen LogP contribution is -2.20. The van der Waals surface area contributed by atoms with Gasteiger partial charge in [-0.05, 0) is 31.4 Å². The van der Waals surface area contributed by atoms with Crippen LogP contribution in [0.5, 0.6) is 0 Å². The van der Waals surface area contributed by atoms with Crippen LogP contribution in [0.4, 0.5) is 0 Å². The van der Waals surface area contributed by atoms with Crippen molar-refractivity contribution in [2.24, 2.45) is 5.73 Å². The highest BCUT2D eigenvalue weighted by molar-refractivity contribution is 5.25. The molecule has 0 fully saturated rings. The number of aliphatic hydroxyl groups excluding tert-OH is 1. The summed E-state index contributed by atoms with van der Waals surface area (Å²) in [6.07, 6.45) is 11.9. The Hall–Kier alpha value is -1.48. The SMILES string of the molecule is C=CCC/C=C/COC1=CC(N)CC=C1O.CC.CC.CC. The van der Waals surface area contributed by atoms with Gasteiger partial charge in [0.2, 0.25) is 0 Å². The van der Waals surface area contributed by atoms with Gasteiger partial charge in [0.15, 0.2) is 11.5 Å². The van der Waals surface area contributed by atoms with E-state index in [-0.39, 0.29) is 11.8 Å². The van der Waals surface area contributed by atoms with Crippen LogP contribution in [-0.4, -0.2) is 17.8 Å². The second kappa shape index (κ2) is 21.8. The summed E-state index contributed by atoms with van der Waals surface area (Å²) in [6.45, 7) is 16.1. The molecule has 1 atom stereocenters. The molecule has 0 spiro atoms. The molecule has 22 heavy (non-hydrogen) atoms. The van der Waals surface area contributed by atoms with Gasteiger partial charge in [-0.15, -0.1) is 6.58 Å². The molecule has 3 nitrogen and oxygen atoms in total. The van der Waals surface area contributed by atoms with E-state index in [1.54, 1.807) is 12.2 Å². The van der Waals surface area contributed by atoms with Crippen LogP contribution in [0.1, 0.15) is 60.8 Å². The first-order valence-corrected chi connectivity index (χ1v) is 8.49. The molecule has 0 amide bonds. The van der Waals surface area contributed by atoms with E-state index in [2.05, 4.69) is 6.58 Å². The first-order valence-electron chi connectivity index (χ1n) is 8.49. The van der Waals surface area contributed by atoms with Crippen LogP contribution in [0.3, 0.4) is 0 Å². The van der Waals surface area contributed by atoms with Crippen LogP contribution < -0.4 is 5.73 Å². The molecule has 0 saturated carbocycles. The van der Waals surface area contributed by atoms with Crippen molar-refractivity contribution in [2.45, 2.75) is 66.8 Å². The largest absolute Gasteiger partial charge is 0.504 e. The van der Waals surface area contributed by atoms with Gasteiger partial charge in [0, 0.05) is 6.04 Å². The summed E-state index contributed by atoms with van der Waals surface area (Å²) in [5.41, 5.74) is 5.72. The molecular weight excluding hydrogens is 274 g/mol. The zero-order valence-corrected chi connectivity index (χ0v) is 15.4. The van der Waals surface area contributed by atoms with Gasteiger partial charge in [-0.25, -0.2) is 0 Å². The van der Waals surface area contributed by atoms with E-state index < -0.39 is 0 Å². The Bertz CT molecular complexity index is 317. The molecule has 0 aromatic rings. The van der Waals surface area contributed by atoms with Crippen LogP contribution in [-0.2, 0) is 4.74 Å². The minimum absolute atomic E-state index is 0.0596. The highest BCUT2D eigenvalue weighted by atomic mass is 16.5. The first-order chi connectivity index (χ1) is 10.7. The predicted molar refractivity (Wildman–Crippen MR) is 100.0 cm³/mol. The Morgan fingerprint density at radius 3 is 2.32 bits per heavy atom. The maximum absolute atomic E-state index is 9.50. The van der Waals surface area contributed by atoms with Crippen LogP contribution in [0.25, 0.3) is 0 Å². The van der Waals surface area contributed by atoms with E-state index in [4.69, 9.17) is 10.5 Å². The highest BCUT2D eigenvalue weighted by Crippen LogP contribution is 2.16. The van der Waals surface area contributed by atoms with Gasteiger partial charge in [-0.1, -0.05) is 59.8 Å². The normalized spacial score (nSPS) is 15.7. The molecule has 0 aromatic heterocycles. The van der Waals surface area contributed by atoms with Gasteiger partial charge in [-0.2, -0.15) is 0 Å². The minimum atomic E-state index is -0.0596. The number of hydrogen-bond donors (Lipinski definition) is 2. The van der Waals surface area contributed by atoms with Crippen LogP contribution in [0.15, 0.2) is 48.5 Å². The van der Waals surface area contributed by atoms with Crippen molar-refractivity contribution in [1.29, 1.82) is 0 Å². The van der Waals surface area contributed by atoms with E-state index in [0.29, 0.717) is 18.8 Å². The molecule has 0 aliphatic heterocycles. The van der Waals surface area contributed by atoms with Crippen molar-refractivity contribution in [3.8, 4) is 0 Å². The lowest BCUT2D eigenvalue weighted by Gasteiger charge is -2.15. The molecular formula is C19H37NO2. The number of unbranched alkanes of at least 4 members (excludes halogenated alkanes) is 1. The summed E-state index contributed by atoms with van der Waals surface area (Å²) in [7, 11) is 0. The monoisotopic (exact) mass is 311 g/mol. The summed E-state index contributed by atoms with van der Waals surface area (Å²) in [5, 5.41) is 9.50. The Morgan fingerprint density at radius 1 is 1.18 bits per heavy atom. The Morgan fingerprint density at radius 2 is 1.77 bits per heavy atom. The summed E-state index contributed by atoms with van der Waals surface area (Å²) < 4.78 is 5.40. The molecule has 1 rings (SSSR count). The molecule has 1 aliphatic carbocycles. The van der Waals surface area contributed by atoms with Gasteiger partial charge in [0.1, 0.15) is 6.61 Å². The fourth-order valence-electron chi connectivity index (χ4n) is 1.36. The molecule has 3 heteroatoms. The lowest BCUT2D eigenvalue weighted by molar-refractivity contribution is 0.217. The van der Waals surface area contributed by atoms with E-state index in [1.807, 2.05) is 59.8 Å². The van der Waals surface area contributed by atoms with Gasteiger partial charge >= 0.3 is 0 Å². The Kier molecular flexibility index (Phi) is 25.3. The molecule has 1 aliphatic rings. The fraction of sp³-hybridized carbons (Fsp3) is 0.579. The van der Waals surface area contributed by atoms with Gasteiger partial charge < -0.3 is 15.6 Å². The number of aliphatic hydroxyl groups is 1. The first kappa shape index (κ1) is 25.5. The van der Waals surface area contributed by atoms with E-state index >= 15 is 0 Å². The zero-order valence-electron chi connectivity index (χ0n) is 15.4. The summed E-state index contributed by atoms with van der Waals surface area (Å²) in [6, 6.07) is -0.0596. The van der Waals surface area contributed by atoms with Gasteiger partial charge in [0.05, 0.1) is 0 Å². The molecule has 3 N–H and O–H groups in total. The second-order valence-corrected chi connectivity index (χ2v) is 3.67. The number of allylic oxidation sites excluding steroid dienone is 2. The van der Waals surface area contributed by atoms with Crippen molar-refractivity contribution >= 4 is 0 Å². The van der Waals surface area contributed by atoms with Gasteiger partial charge in [0.25, 0.3) is 0 Å². The van der Waals surface area contributed by atoms with E-state index in [0.717, 1.165) is 12.8 Å². The number of rotatable bonds is 6. The Balaban J connectivity index is -0.000000535. The van der Waals surface area contributed by atoms with Crippen molar-refractivity contribution in [3.05, 3.63) is 48.5 Å². The summed E-state index contributed by atoms with van der Waals surface area (Å²) in [5.74, 6) is 0.660. The van der Waals surface area contributed by atoms with E-state index in [9.17, 15) is 5.11 Å². The topological polar surface area (TPSA) is 55.5 Å². The Labute approximate surface area is 138 Å². The highest BCUT2D eigenvalue weighted by Gasteiger charge is 2.12. The molecule has 0 bridgehead atoms. The maximum Gasteiger partial charge on any atom is 0.158 e. The molecule has 0 heterocycles. The predicted octanol–water partition coefficient (Wildman–Crippen LogP) is 5.66.